The highest BCUT2D eigenvalue weighted by Gasteiger charge is 2.67. The fourth-order valence-electron chi connectivity index (χ4n) is 5.52. The van der Waals surface area contributed by atoms with Gasteiger partial charge in [0.25, 0.3) is 0 Å². The molecule has 1 unspecified atom stereocenters. The van der Waals surface area contributed by atoms with Gasteiger partial charge in [0, 0.05) is 11.3 Å². The molecular weight excluding hydrogens is 457 g/mol. The van der Waals surface area contributed by atoms with Gasteiger partial charge in [-0.25, -0.2) is 14.1 Å². The lowest BCUT2D eigenvalue weighted by atomic mass is 9.91. The smallest absolute Gasteiger partial charge is 0.237 e. The van der Waals surface area contributed by atoms with Crippen LogP contribution in [-0.4, -0.2) is 32.6 Å². The number of amides is 2. The summed E-state index contributed by atoms with van der Waals surface area (Å²) >= 11 is 0. The van der Waals surface area contributed by atoms with Crippen molar-refractivity contribution in [2.75, 3.05) is 4.90 Å². The van der Waals surface area contributed by atoms with Crippen LogP contribution in [0.3, 0.4) is 0 Å². The third-order valence-corrected chi connectivity index (χ3v) is 7.77. The minimum Gasteiger partial charge on any atom is -0.350 e. The lowest BCUT2D eigenvalue weighted by molar-refractivity contribution is -0.124. The summed E-state index contributed by atoms with van der Waals surface area (Å²) in [7, 11) is 0. The number of pyridine rings is 1. The van der Waals surface area contributed by atoms with Gasteiger partial charge in [-0.1, -0.05) is 30.3 Å². The van der Waals surface area contributed by atoms with Crippen molar-refractivity contribution in [3.63, 3.8) is 0 Å². The second-order valence-corrected chi connectivity index (χ2v) is 10.1. The molecule has 36 heavy (non-hydrogen) atoms. The van der Waals surface area contributed by atoms with Crippen LogP contribution >= 0.6 is 0 Å². The third-order valence-electron chi connectivity index (χ3n) is 7.77. The molecule has 0 bridgehead atoms. The van der Waals surface area contributed by atoms with Crippen LogP contribution in [0.4, 0.5) is 10.2 Å². The molecule has 1 N–H and O–H groups in total. The highest BCUT2D eigenvalue weighted by Crippen LogP contribution is 2.60. The maximum Gasteiger partial charge on any atom is 0.237 e. The topological polar surface area (TPSA) is 80.1 Å². The number of rotatable bonds is 5. The van der Waals surface area contributed by atoms with Crippen molar-refractivity contribution in [2.24, 2.45) is 11.3 Å². The quantitative estimate of drug-likeness (QED) is 0.460. The molecule has 2 amide bonds. The fourth-order valence-corrected chi connectivity index (χ4v) is 5.52. The van der Waals surface area contributed by atoms with E-state index in [1.807, 2.05) is 36.4 Å². The van der Waals surface area contributed by atoms with Crippen molar-refractivity contribution in [3.8, 4) is 5.69 Å². The molecule has 1 saturated heterocycles. The zero-order valence-corrected chi connectivity index (χ0v) is 19.5. The van der Waals surface area contributed by atoms with Crippen molar-refractivity contribution < 1.29 is 14.0 Å². The van der Waals surface area contributed by atoms with Gasteiger partial charge >= 0.3 is 0 Å². The molecule has 1 spiro atoms. The number of nitrogens with one attached hydrogen (secondary N) is 1. The van der Waals surface area contributed by atoms with Gasteiger partial charge in [-0.3, -0.25) is 14.5 Å². The van der Waals surface area contributed by atoms with E-state index in [-0.39, 0.29) is 35.6 Å². The van der Waals surface area contributed by atoms with Crippen LogP contribution in [0.1, 0.15) is 37.3 Å². The first-order valence-electron chi connectivity index (χ1n) is 12.3. The van der Waals surface area contributed by atoms with E-state index in [9.17, 15) is 14.0 Å². The molecule has 7 rings (SSSR count). The van der Waals surface area contributed by atoms with E-state index >= 15 is 0 Å². The van der Waals surface area contributed by atoms with E-state index in [1.54, 1.807) is 34.1 Å². The van der Waals surface area contributed by atoms with Gasteiger partial charge in [0.15, 0.2) is 0 Å². The summed E-state index contributed by atoms with van der Waals surface area (Å²) in [5.41, 5.74) is 1.87. The van der Waals surface area contributed by atoms with E-state index in [2.05, 4.69) is 10.4 Å². The summed E-state index contributed by atoms with van der Waals surface area (Å²) in [6.45, 7) is 0. The molecule has 3 heterocycles. The summed E-state index contributed by atoms with van der Waals surface area (Å²) in [6.07, 6.45) is 6.76. The number of hydrogen-bond donors (Lipinski definition) is 1. The molecule has 8 heteroatoms. The van der Waals surface area contributed by atoms with Gasteiger partial charge in [-0.15, -0.1) is 0 Å². The number of hydrogen-bond acceptors (Lipinski definition) is 4. The number of carbonyl (C=O) groups is 2. The number of nitrogens with zero attached hydrogens (tertiary/aromatic N) is 4. The molecule has 0 radical (unpaired) electrons. The normalized spacial score (nSPS) is 22.4. The van der Waals surface area contributed by atoms with Crippen molar-refractivity contribution in [2.45, 2.75) is 37.8 Å². The Hall–Kier alpha value is -4.07. The molecular formula is C28H24FN5O2. The minimum absolute atomic E-state index is 0.00947. The van der Waals surface area contributed by atoms with Crippen molar-refractivity contribution in [1.29, 1.82) is 0 Å². The van der Waals surface area contributed by atoms with Gasteiger partial charge in [-0.2, -0.15) is 5.10 Å². The van der Waals surface area contributed by atoms with Gasteiger partial charge in [0.2, 0.25) is 11.8 Å². The molecule has 2 aliphatic carbocycles. The molecule has 3 fully saturated rings. The highest BCUT2D eigenvalue weighted by atomic mass is 19.1. The number of anilines is 1. The standard InChI is InChI=1S/C28H24FN5O2/c29-20-8-10-21(11-9-20)34-22-16-30-23(14-19(22)15-31-34)33-24(17-4-2-1-3-5-17)25(28(12-13-28)27(33)36)32-26(35)18-6-7-18/h1-5,8-11,14-16,18,24-25H,6-7,12-13H2,(H,32,35)/t24-,25?/m1/s1. The number of aromatic nitrogens is 3. The highest BCUT2D eigenvalue weighted by molar-refractivity contribution is 6.04. The Balaban J connectivity index is 1.31. The van der Waals surface area contributed by atoms with Crippen LogP contribution in [0.2, 0.25) is 0 Å². The van der Waals surface area contributed by atoms with Crippen LogP contribution in [0.25, 0.3) is 16.6 Å². The van der Waals surface area contributed by atoms with Crippen molar-refractivity contribution in [3.05, 3.63) is 84.4 Å². The van der Waals surface area contributed by atoms with Crippen molar-refractivity contribution >= 4 is 28.5 Å². The Bertz CT molecular complexity index is 1490. The Kier molecular flexibility index (Phi) is 4.55. The minimum atomic E-state index is -0.583. The van der Waals surface area contributed by atoms with E-state index in [0.717, 1.165) is 47.8 Å². The first-order chi connectivity index (χ1) is 17.5. The zero-order chi connectivity index (χ0) is 24.4. The predicted octanol–water partition coefficient (Wildman–Crippen LogP) is 4.32. The van der Waals surface area contributed by atoms with E-state index in [4.69, 9.17) is 4.98 Å². The lowest BCUT2D eigenvalue weighted by Crippen LogP contribution is -2.44. The predicted molar refractivity (Wildman–Crippen MR) is 132 cm³/mol. The Labute approximate surface area is 206 Å². The molecule has 4 aromatic rings. The Morgan fingerprint density at radius 2 is 1.78 bits per heavy atom. The average molecular weight is 482 g/mol. The monoisotopic (exact) mass is 481 g/mol. The summed E-state index contributed by atoms with van der Waals surface area (Å²) < 4.78 is 15.1. The van der Waals surface area contributed by atoms with Gasteiger partial charge < -0.3 is 5.32 Å². The Morgan fingerprint density at radius 3 is 2.47 bits per heavy atom. The van der Waals surface area contributed by atoms with Gasteiger partial charge in [0.05, 0.1) is 41.1 Å². The third kappa shape index (κ3) is 3.24. The summed E-state index contributed by atoms with van der Waals surface area (Å²) in [5, 5.41) is 8.56. The number of fused-ring (bicyclic) bond motifs is 1. The Morgan fingerprint density at radius 1 is 1.03 bits per heavy atom. The summed E-state index contributed by atoms with van der Waals surface area (Å²) in [6, 6.07) is 17.2. The molecule has 2 aromatic carbocycles. The first kappa shape index (κ1) is 21.2. The number of benzene rings is 2. The molecule has 2 atom stereocenters. The summed E-state index contributed by atoms with van der Waals surface area (Å²) in [4.78, 5) is 33.2. The van der Waals surface area contributed by atoms with Crippen LogP contribution in [-0.2, 0) is 9.59 Å². The molecule has 7 nitrogen and oxygen atoms in total. The van der Waals surface area contributed by atoms with Crippen LogP contribution in [0.5, 0.6) is 0 Å². The SMILES string of the molecule is O=C(NC1[C@@H](c2ccccc2)N(c2cc3cnn(-c4ccc(F)cc4)c3cn2)C(=O)C12CC2)C1CC1. The zero-order valence-electron chi connectivity index (χ0n) is 19.5. The summed E-state index contributed by atoms with van der Waals surface area (Å²) in [5.74, 6) is 0.344. The average Bonchev–Trinajstić information content (AvgIpc) is 3.82. The van der Waals surface area contributed by atoms with E-state index in [1.165, 1.54) is 12.1 Å². The molecule has 2 aromatic heterocycles. The molecule has 180 valence electrons. The largest absolute Gasteiger partial charge is 0.350 e. The second kappa shape index (κ2) is 7.71. The second-order valence-electron chi connectivity index (χ2n) is 10.1. The first-order valence-corrected chi connectivity index (χ1v) is 12.3. The number of carbonyl (C=O) groups excluding carboxylic acids is 2. The van der Waals surface area contributed by atoms with E-state index in [0.29, 0.717) is 5.82 Å². The van der Waals surface area contributed by atoms with E-state index < -0.39 is 5.41 Å². The van der Waals surface area contributed by atoms with Gasteiger partial charge in [0.1, 0.15) is 11.6 Å². The van der Waals surface area contributed by atoms with Gasteiger partial charge in [-0.05, 0) is 61.6 Å². The number of halogens is 1. The molecule has 2 saturated carbocycles. The van der Waals surface area contributed by atoms with Crippen LogP contribution in [0.15, 0.2) is 73.1 Å². The lowest BCUT2D eigenvalue weighted by Gasteiger charge is -2.29. The molecule has 3 aliphatic rings. The maximum absolute atomic E-state index is 13.9. The fraction of sp³-hybridized carbons (Fsp3) is 0.286. The van der Waals surface area contributed by atoms with Crippen molar-refractivity contribution in [1.82, 2.24) is 20.1 Å². The van der Waals surface area contributed by atoms with Crippen LogP contribution in [0, 0.1) is 17.2 Å². The maximum atomic E-state index is 13.9. The van der Waals surface area contributed by atoms with Crippen LogP contribution < -0.4 is 10.2 Å². The molecule has 1 aliphatic heterocycles.